The Labute approximate surface area is 147 Å². The van der Waals surface area contributed by atoms with Gasteiger partial charge in [-0.15, -0.1) is 0 Å². The number of carbonyl (C=O) groups excluding carboxylic acids is 1. The molecule has 24 heavy (non-hydrogen) atoms. The molecule has 0 spiro atoms. The molecular formula is C18H16BrN3O2. The molecule has 3 rings (SSSR count). The molecule has 0 saturated heterocycles. The molecule has 1 atom stereocenters. The number of amides is 1. The molecule has 1 amide bonds. The highest BCUT2D eigenvalue weighted by atomic mass is 79.9. The van der Waals surface area contributed by atoms with E-state index in [-0.39, 0.29) is 11.5 Å². The van der Waals surface area contributed by atoms with E-state index < -0.39 is 6.04 Å². The molecule has 0 radical (unpaired) electrons. The zero-order valence-corrected chi connectivity index (χ0v) is 14.7. The van der Waals surface area contributed by atoms with E-state index in [0.717, 1.165) is 4.47 Å². The summed E-state index contributed by atoms with van der Waals surface area (Å²) in [6.45, 7) is 1.87. The lowest BCUT2D eigenvalue weighted by molar-refractivity contribution is -0.119. The van der Waals surface area contributed by atoms with Gasteiger partial charge in [-0.2, -0.15) is 0 Å². The third-order valence-corrected chi connectivity index (χ3v) is 4.54. The largest absolute Gasteiger partial charge is 0.323 e. The van der Waals surface area contributed by atoms with Crippen molar-refractivity contribution in [3.63, 3.8) is 0 Å². The summed E-state index contributed by atoms with van der Waals surface area (Å²) in [5, 5.41) is 3.37. The van der Waals surface area contributed by atoms with Gasteiger partial charge in [-0.05, 0) is 46.6 Å². The molecule has 3 aromatic rings. The van der Waals surface area contributed by atoms with Crippen LogP contribution in [0.1, 0.15) is 19.4 Å². The first-order valence-corrected chi connectivity index (χ1v) is 8.42. The highest BCUT2D eigenvalue weighted by molar-refractivity contribution is 9.10. The number of halogens is 1. The number of fused-ring (bicyclic) bond motifs is 1. The van der Waals surface area contributed by atoms with Gasteiger partial charge in [0.15, 0.2) is 0 Å². The minimum Gasteiger partial charge on any atom is -0.323 e. The summed E-state index contributed by atoms with van der Waals surface area (Å²) in [6, 6.07) is 13.9. The van der Waals surface area contributed by atoms with Crippen molar-refractivity contribution in [2.75, 3.05) is 5.32 Å². The van der Waals surface area contributed by atoms with Crippen LogP contribution in [0.4, 0.5) is 5.69 Å². The molecule has 0 aliphatic rings. The molecule has 6 heteroatoms. The van der Waals surface area contributed by atoms with Gasteiger partial charge < -0.3 is 5.32 Å². The van der Waals surface area contributed by atoms with Crippen LogP contribution in [-0.4, -0.2) is 15.5 Å². The highest BCUT2D eigenvalue weighted by Crippen LogP contribution is 2.23. The molecule has 0 bridgehead atoms. The second-order valence-electron chi connectivity index (χ2n) is 5.37. The third kappa shape index (κ3) is 3.10. The molecule has 2 aromatic carbocycles. The van der Waals surface area contributed by atoms with Gasteiger partial charge in [0.05, 0.1) is 22.9 Å². The number of nitrogens with one attached hydrogen (secondary N) is 1. The van der Waals surface area contributed by atoms with Crippen LogP contribution < -0.4 is 10.9 Å². The van der Waals surface area contributed by atoms with Crippen LogP contribution in [0.3, 0.4) is 0 Å². The molecule has 0 fully saturated rings. The number of benzene rings is 2. The average molecular weight is 386 g/mol. The quantitative estimate of drug-likeness (QED) is 0.743. The number of hydrogen-bond donors (Lipinski definition) is 1. The number of rotatable bonds is 4. The normalized spacial score (nSPS) is 12.1. The lowest BCUT2D eigenvalue weighted by Gasteiger charge is -2.18. The Kier molecular flexibility index (Phi) is 4.76. The zero-order valence-electron chi connectivity index (χ0n) is 13.1. The predicted octanol–water partition coefficient (Wildman–Crippen LogP) is 3.75. The van der Waals surface area contributed by atoms with Crippen LogP contribution in [0.5, 0.6) is 0 Å². The van der Waals surface area contributed by atoms with Crippen molar-refractivity contribution in [2.24, 2.45) is 0 Å². The van der Waals surface area contributed by atoms with Crippen LogP contribution in [0.25, 0.3) is 10.9 Å². The van der Waals surface area contributed by atoms with Crippen LogP contribution in [0.15, 0.2) is 64.1 Å². The average Bonchev–Trinajstić information content (AvgIpc) is 2.60. The van der Waals surface area contributed by atoms with E-state index >= 15 is 0 Å². The van der Waals surface area contributed by atoms with E-state index in [1.165, 1.54) is 10.9 Å². The van der Waals surface area contributed by atoms with Gasteiger partial charge in [-0.25, -0.2) is 4.98 Å². The van der Waals surface area contributed by atoms with E-state index in [1.807, 2.05) is 31.2 Å². The fourth-order valence-electron chi connectivity index (χ4n) is 2.59. The fourth-order valence-corrected chi connectivity index (χ4v) is 2.98. The van der Waals surface area contributed by atoms with Crippen molar-refractivity contribution in [1.29, 1.82) is 0 Å². The Balaban J connectivity index is 1.97. The molecular weight excluding hydrogens is 370 g/mol. The lowest BCUT2D eigenvalue weighted by atomic mass is 10.1. The van der Waals surface area contributed by atoms with Crippen LogP contribution in [0.2, 0.25) is 0 Å². The lowest BCUT2D eigenvalue weighted by Crippen LogP contribution is -2.33. The van der Waals surface area contributed by atoms with Crippen molar-refractivity contribution < 1.29 is 4.79 Å². The highest BCUT2D eigenvalue weighted by Gasteiger charge is 2.21. The van der Waals surface area contributed by atoms with Gasteiger partial charge in [0.1, 0.15) is 6.04 Å². The fraction of sp³-hybridized carbons (Fsp3) is 0.167. The summed E-state index contributed by atoms with van der Waals surface area (Å²) in [5.74, 6) is -0.247. The maximum Gasteiger partial charge on any atom is 0.261 e. The van der Waals surface area contributed by atoms with Crippen LogP contribution in [-0.2, 0) is 4.79 Å². The van der Waals surface area contributed by atoms with Gasteiger partial charge in [0.25, 0.3) is 5.56 Å². The Bertz CT molecular complexity index is 952. The van der Waals surface area contributed by atoms with Gasteiger partial charge in [-0.3, -0.25) is 14.2 Å². The topological polar surface area (TPSA) is 64.0 Å². The minimum atomic E-state index is -0.623. The summed E-state index contributed by atoms with van der Waals surface area (Å²) in [4.78, 5) is 29.6. The van der Waals surface area contributed by atoms with Crippen LogP contribution >= 0.6 is 15.9 Å². The van der Waals surface area contributed by atoms with E-state index in [1.54, 1.807) is 24.3 Å². The zero-order chi connectivity index (χ0) is 17.1. The van der Waals surface area contributed by atoms with E-state index in [2.05, 4.69) is 26.2 Å². The Hall–Kier alpha value is -2.47. The number of nitrogens with zero attached hydrogens (tertiary/aromatic N) is 2. The molecule has 122 valence electrons. The van der Waals surface area contributed by atoms with Gasteiger partial charge >= 0.3 is 0 Å². The van der Waals surface area contributed by atoms with Crippen molar-refractivity contribution >= 4 is 38.4 Å². The summed E-state index contributed by atoms with van der Waals surface area (Å²) in [7, 11) is 0. The second-order valence-corrected chi connectivity index (χ2v) is 6.22. The van der Waals surface area contributed by atoms with Crippen molar-refractivity contribution in [1.82, 2.24) is 9.55 Å². The Morgan fingerprint density at radius 1 is 1.21 bits per heavy atom. The molecule has 1 N–H and O–H groups in total. The predicted molar refractivity (Wildman–Crippen MR) is 98.1 cm³/mol. The van der Waals surface area contributed by atoms with Crippen molar-refractivity contribution in [2.45, 2.75) is 19.4 Å². The van der Waals surface area contributed by atoms with E-state index in [4.69, 9.17) is 0 Å². The van der Waals surface area contributed by atoms with E-state index in [9.17, 15) is 9.59 Å². The summed E-state index contributed by atoms with van der Waals surface area (Å²) in [5.41, 5.74) is 1.08. The summed E-state index contributed by atoms with van der Waals surface area (Å²) >= 11 is 3.40. The number of aromatic nitrogens is 2. The SMILES string of the molecule is CC[C@H](C(=O)Nc1ccccc1Br)n1cnc2ccccc2c1=O. The van der Waals surface area contributed by atoms with E-state index in [0.29, 0.717) is 23.0 Å². The van der Waals surface area contributed by atoms with Crippen molar-refractivity contribution in [3.05, 3.63) is 69.7 Å². The summed E-state index contributed by atoms with van der Waals surface area (Å²) < 4.78 is 2.19. The first-order valence-electron chi connectivity index (χ1n) is 7.63. The Morgan fingerprint density at radius 3 is 2.67 bits per heavy atom. The third-order valence-electron chi connectivity index (χ3n) is 3.85. The monoisotopic (exact) mass is 385 g/mol. The molecule has 0 saturated carbocycles. The first kappa shape index (κ1) is 16.4. The number of hydrogen-bond acceptors (Lipinski definition) is 3. The molecule has 0 aliphatic heterocycles. The summed E-state index contributed by atoms with van der Waals surface area (Å²) in [6.07, 6.45) is 1.93. The minimum absolute atomic E-state index is 0.213. The van der Waals surface area contributed by atoms with Gasteiger partial charge in [-0.1, -0.05) is 31.2 Å². The maximum atomic E-state index is 12.7. The number of anilines is 1. The number of para-hydroxylation sites is 2. The van der Waals surface area contributed by atoms with Gasteiger partial charge in [0, 0.05) is 4.47 Å². The smallest absolute Gasteiger partial charge is 0.261 e. The first-order chi connectivity index (χ1) is 11.6. The molecule has 5 nitrogen and oxygen atoms in total. The Morgan fingerprint density at radius 2 is 1.92 bits per heavy atom. The molecule has 1 aromatic heterocycles. The van der Waals surface area contributed by atoms with Crippen LogP contribution in [0, 0.1) is 0 Å². The number of carbonyl (C=O) groups is 1. The molecule has 0 unspecified atom stereocenters. The van der Waals surface area contributed by atoms with Gasteiger partial charge in [0.2, 0.25) is 5.91 Å². The second kappa shape index (κ2) is 6.97. The molecule has 1 heterocycles. The van der Waals surface area contributed by atoms with Crippen molar-refractivity contribution in [3.8, 4) is 0 Å². The molecule has 0 aliphatic carbocycles. The standard InChI is InChI=1S/C18H16BrN3O2/c1-2-16(17(23)21-15-10-6-4-8-13(15)19)22-11-20-14-9-5-3-7-12(14)18(22)24/h3-11,16H,2H2,1H3,(H,21,23)/t16-/m1/s1. The maximum absolute atomic E-state index is 12.7.